The number of hydrogen-bond donors (Lipinski definition) is 2. The van der Waals surface area contributed by atoms with Crippen LogP contribution >= 0.6 is 0 Å². The van der Waals surface area contributed by atoms with Crippen molar-refractivity contribution in [3.63, 3.8) is 0 Å². The molecule has 1 aromatic rings. The van der Waals surface area contributed by atoms with E-state index in [1.54, 1.807) is 5.56 Å². The first-order valence-corrected chi connectivity index (χ1v) is 6.82. The smallest absolute Gasteiger partial charge is 0.0208 e. The normalized spacial score (nSPS) is 16.6. The molecule has 0 saturated heterocycles. The van der Waals surface area contributed by atoms with Crippen LogP contribution in [0.25, 0.3) is 0 Å². The topological polar surface area (TPSA) is 24.1 Å². The Hall–Kier alpha value is -0.860. The molecule has 0 radical (unpaired) electrons. The van der Waals surface area contributed by atoms with E-state index in [-0.39, 0.29) is 0 Å². The van der Waals surface area contributed by atoms with Crippen molar-refractivity contribution < 1.29 is 0 Å². The van der Waals surface area contributed by atoms with Crippen LogP contribution in [0.15, 0.2) is 18.2 Å². The monoisotopic (exact) mass is 232 g/mol. The third kappa shape index (κ3) is 3.30. The second-order valence-corrected chi connectivity index (χ2v) is 5.13. The van der Waals surface area contributed by atoms with Gasteiger partial charge in [-0.05, 0) is 42.1 Å². The number of benzene rings is 1. The van der Waals surface area contributed by atoms with Gasteiger partial charge in [0.15, 0.2) is 0 Å². The van der Waals surface area contributed by atoms with E-state index in [0.717, 1.165) is 32.1 Å². The average molecular weight is 232 g/mol. The summed E-state index contributed by atoms with van der Waals surface area (Å²) in [5, 5.41) is 7.01. The van der Waals surface area contributed by atoms with Gasteiger partial charge in [0.1, 0.15) is 0 Å². The lowest BCUT2D eigenvalue weighted by Gasteiger charge is -2.21. The minimum absolute atomic E-state index is 0.774. The summed E-state index contributed by atoms with van der Waals surface area (Å²) >= 11 is 0. The first-order valence-electron chi connectivity index (χ1n) is 6.82. The van der Waals surface area contributed by atoms with E-state index in [1.807, 2.05) is 0 Å². The summed E-state index contributed by atoms with van der Waals surface area (Å²) in [6.45, 7) is 8.86. The van der Waals surface area contributed by atoms with Crippen LogP contribution in [0.1, 0.15) is 37.0 Å². The molecule has 1 aliphatic heterocycles. The lowest BCUT2D eigenvalue weighted by molar-refractivity contribution is 0.498. The zero-order valence-electron chi connectivity index (χ0n) is 11.1. The van der Waals surface area contributed by atoms with Crippen LogP contribution in [0.3, 0.4) is 0 Å². The molecule has 2 N–H and O–H groups in total. The van der Waals surface area contributed by atoms with E-state index in [2.05, 4.69) is 42.7 Å². The van der Waals surface area contributed by atoms with Gasteiger partial charge in [-0.1, -0.05) is 38.5 Å². The molecule has 0 saturated carbocycles. The molecule has 0 fully saturated rings. The number of fused-ring (bicyclic) bond motifs is 1. The van der Waals surface area contributed by atoms with Crippen LogP contribution in [0.2, 0.25) is 0 Å². The summed E-state index contributed by atoms with van der Waals surface area (Å²) in [5.41, 5.74) is 4.55. The van der Waals surface area contributed by atoms with Crippen molar-refractivity contribution in [3.8, 4) is 0 Å². The van der Waals surface area contributed by atoms with Gasteiger partial charge < -0.3 is 10.6 Å². The molecular formula is C15H24N2. The van der Waals surface area contributed by atoms with Gasteiger partial charge in [-0.25, -0.2) is 0 Å². The highest BCUT2D eigenvalue weighted by Crippen LogP contribution is 2.18. The zero-order chi connectivity index (χ0) is 12.1. The SMILES string of the molecule is CCC(C)CNCc1cccc2c1CCNC2. The van der Waals surface area contributed by atoms with Gasteiger partial charge >= 0.3 is 0 Å². The van der Waals surface area contributed by atoms with E-state index >= 15 is 0 Å². The summed E-state index contributed by atoms with van der Waals surface area (Å²) in [6, 6.07) is 6.71. The molecule has 1 atom stereocenters. The molecule has 1 aromatic carbocycles. The molecule has 1 aliphatic rings. The summed E-state index contributed by atoms with van der Waals surface area (Å²) < 4.78 is 0. The van der Waals surface area contributed by atoms with Gasteiger partial charge in [-0.2, -0.15) is 0 Å². The lowest BCUT2D eigenvalue weighted by Crippen LogP contribution is -2.26. The Kier molecular flexibility index (Phi) is 4.57. The molecule has 2 nitrogen and oxygen atoms in total. The Morgan fingerprint density at radius 3 is 3.12 bits per heavy atom. The fourth-order valence-corrected chi connectivity index (χ4v) is 2.37. The van der Waals surface area contributed by atoms with Crippen LogP contribution in [0.4, 0.5) is 0 Å². The first-order chi connectivity index (χ1) is 8.31. The van der Waals surface area contributed by atoms with E-state index in [0.29, 0.717) is 0 Å². The minimum atomic E-state index is 0.774. The van der Waals surface area contributed by atoms with Crippen molar-refractivity contribution >= 4 is 0 Å². The van der Waals surface area contributed by atoms with Crippen molar-refractivity contribution in [3.05, 3.63) is 34.9 Å². The van der Waals surface area contributed by atoms with E-state index in [1.165, 1.54) is 24.0 Å². The van der Waals surface area contributed by atoms with Gasteiger partial charge in [0, 0.05) is 13.1 Å². The molecule has 0 aromatic heterocycles. The van der Waals surface area contributed by atoms with Gasteiger partial charge in [0.05, 0.1) is 0 Å². The fraction of sp³-hybridized carbons (Fsp3) is 0.600. The third-order valence-electron chi connectivity index (χ3n) is 3.74. The zero-order valence-corrected chi connectivity index (χ0v) is 11.1. The maximum Gasteiger partial charge on any atom is 0.0208 e. The predicted molar refractivity (Wildman–Crippen MR) is 73.0 cm³/mol. The molecule has 1 unspecified atom stereocenters. The minimum Gasteiger partial charge on any atom is -0.312 e. The van der Waals surface area contributed by atoms with Crippen LogP contribution in [-0.2, 0) is 19.5 Å². The highest BCUT2D eigenvalue weighted by Gasteiger charge is 2.11. The summed E-state index contributed by atoms with van der Waals surface area (Å²) in [4.78, 5) is 0. The molecule has 0 amide bonds. The maximum atomic E-state index is 3.58. The number of nitrogens with one attached hydrogen (secondary N) is 2. The van der Waals surface area contributed by atoms with Gasteiger partial charge in [0.25, 0.3) is 0 Å². The van der Waals surface area contributed by atoms with E-state index < -0.39 is 0 Å². The summed E-state index contributed by atoms with van der Waals surface area (Å²) in [7, 11) is 0. The molecule has 2 rings (SSSR count). The molecular weight excluding hydrogens is 208 g/mol. The van der Waals surface area contributed by atoms with Crippen LogP contribution in [-0.4, -0.2) is 13.1 Å². The molecule has 94 valence electrons. The second-order valence-electron chi connectivity index (χ2n) is 5.13. The quantitative estimate of drug-likeness (QED) is 0.815. The Bertz CT molecular complexity index is 360. The number of rotatable bonds is 5. The summed E-state index contributed by atoms with van der Waals surface area (Å²) in [6.07, 6.45) is 2.43. The Balaban J connectivity index is 1.96. The molecule has 0 aliphatic carbocycles. The first kappa shape index (κ1) is 12.6. The lowest BCUT2D eigenvalue weighted by atomic mass is 9.95. The van der Waals surface area contributed by atoms with Gasteiger partial charge in [-0.3, -0.25) is 0 Å². The molecule has 0 bridgehead atoms. The molecule has 2 heteroatoms. The Morgan fingerprint density at radius 2 is 2.29 bits per heavy atom. The Morgan fingerprint density at radius 1 is 1.41 bits per heavy atom. The third-order valence-corrected chi connectivity index (χ3v) is 3.74. The Labute approximate surface area is 105 Å². The molecule has 1 heterocycles. The van der Waals surface area contributed by atoms with E-state index in [9.17, 15) is 0 Å². The maximum absolute atomic E-state index is 3.58. The van der Waals surface area contributed by atoms with Gasteiger partial charge in [0.2, 0.25) is 0 Å². The average Bonchev–Trinajstić information content (AvgIpc) is 2.39. The predicted octanol–water partition coefficient (Wildman–Crippen LogP) is 2.47. The van der Waals surface area contributed by atoms with Crippen molar-refractivity contribution in [2.75, 3.05) is 13.1 Å². The fourth-order valence-electron chi connectivity index (χ4n) is 2.37. The van der Waals surface area contributed by atoms with Crippen LogP contribution in [0.5, 0.6) is 0 Å². The molecule has 0 spiro atoms. The van der Waals surface area contributed by atoms with Crippen molar-refractivity contribution in [2.24, 2.45) is 5.92 Å². The highest BCUT2D eigenvalue weighted by molar-refractivity contribution is 5.36. The van der Waals surface area contributed by atoms with Crippen LogP contribution < -0.4 is 10.6 Å². The van der Waals surface area contributed by atoms with Crippen LogP contribution in [0, 0.1) is 5.92 Å². The van der Waals surface area contributed by atoms with Crippen molar-refractivity contribution in [1.29, 1.82) is 0 Å². The van der Waals surface area contributed by atoms with Gasteiger partial charge in [-0.15, -0.1) is 0 Å². The van der Waals surface area contributed by atoms with Crippen molar-refractivity contribution in [2.45, 2.75) is 39.8 Å². The molecule has 17 heavy (non-hydrogen) atoms. The second kappa shape index (κ2) is 6.18. The largest absolute Gasteiger partial charge is 0.312 e. The summed E-state index contributed by atoms with van der Waals surface area (Å²) in [5.74, 6) is 0.774. The number of hydrogen-bond acceptors (Lipinski definition) is 2. The van der Waals surface area contributed by atoms with E-state index in [4.69, 9.17) is 0 Å². The van der Waals surface area contributed by atoms with Crippen molar-refractivity contribution in [1.82, 2.24) is 10.6 Å². The standard InChI is InChI=1S/C15H24N2/c1-3-12(2)9-17-11-14-6-4-5-13-10-16-8-7-15(13)14/h4-6,12,16-17H,3,7-11H2,1-2H3. The highest BCUT2D eigenvalue weighted by atomic mass is 14.9.